The van der Waals surface area contributed by atoms with Gasteiger partial charge in [0.2, 0.25) is 0 Å². The molecule has 1 saturated heterocycles. The molecular weight excluding hydrogens is 172 g/mol. The maximum atomic E-state index is 3.54. The lowest BCUT2D eigenvalue weighted by Crippen LogP contribution is -2.30. The van der Waals surface area contributed by atoms with Crippen LogP contribution in [0.5, 0.6) is 0 Å². The summed E-state index contributed by atoms with van der Waals surface area (Å²) in [7, 11) is 0. The molecule has 0 amide bonds. The van der Waals surface area contributed by atoms with Crippen molar-refractivity contribution in [2.45, 2.75) is 39.5 Å². The van der Waals surface area contributed by atoms with Crippen molar-refractivity contribution in [2.24, 2.45) is 11.8 Å². The topological polar surface area (TPSA) is 24.1 Å². The molecule has 84 valence electrons. The molecule has 0 aromatic carbocycles. The second kappa shape index (κ2) is 7.24. The molecule has 1 heterocycles. The Hall–Kier alpha value is -0.0800. The average molecular weight is 198 g/mol. The predicted molar refractivity (Wildman–Crippen MR) is 62.5 cm³/mol. The quantitative estimate of drug-likeness (QED) is 0.638. The van der Waals surface area contributed by atoms with Crippen molar-refractivity contribution >= 4 is 0 Å². The summed E-state index contributed by atoms with van der Waals surface area (Å²) in [5, 5.41) is 6.95. The van der Waals surface area contributed by atoms with Crippen molar-refractivity contribution < 1.29 is 0 Å². The van der Waals surface area contributed by atoms with Gasteiger partial charge in [-0.1, -0.05) is 13.8 Å². The molecule has 1 aliphatic heterocycles. The van der Waals surface area contributed by atoms with Gasteiger partial charge in [-0.25, -0.2) is 0 Å². The normalized spacial score (nSPS) is 19.1. The van der Waals surface area contributed by atoms with E-state index in [1.807, 2.05) is 0 Å². The minimum absolute atomic E-state index is 0.835. The average Bonchev–Trinajstić information content (AvgIpc) is 2.18. The highest BCUT2D eigenvalue weighted by molar-refractivity contribution is 4.69. The van der Waals surface area contributed by atoms with E-state index in [9.17, 15) is 0 Å². The smallest absolute Gasteiger partial charge is 0.00463 e. The fraction of sp³-hybridized carbons (Fsp3) is 1.00. The van der Waals surface area contributed by atoms with Crippen molar-refractivity contribution in [2.75, 3.05) is 26.2 Å². The summed E-state index contributed by atoms with van der Waals surface area (Å²) in [4.78, 5) is 0. The van der Waals surface area contributed by atoms with E-state index in [0.29, 0.717) is 0 Å². The van der Waals surface area contributed by atoms with Crippen LogP contribution < -0.4 is 10.6 Å². The summed E-state index contributed by atoms with van der Waals surface area (Å²) in [5.41, 5.74) is 0. The molecular formula is C12H26N2. The first kappa shape index (κ1) is 12.0. The van der Waals surface area contributed by atoms with Gasteiger partial charge in [0.1, 0.15) is 0 Å². The Morgan fingerprint density at radius 3 is 2.57 bits per heavy atom. The Morgan fingerprint density at radius 1 is 1.21 bits per heavy atom. The van der Waals surface area contributed by atoms with Crippen LogP contribution >= 0.6 is 0 Å². The van der Waals surface area contributed by atoms with E-state index in [1.165, 1.54) is 51.9 Å². The van der Waals surface area contributed by atoms with Crippen LogP contribution in [0.3, 0.4) is 0 Å². The number of hydrogen-bond donors (Lipinski definition) is 2. The summed E-state index contributed by atoms with van der Waals surface area (Å²) in [6.45, 7) is 9.45. The molecule has 0 unspecified atom stereocenters. The zero-order valence-electron chi connectivity index (χ0n) is 9.81. The largest absolute Gasteiger partial charge is 0.317 e. The van der Waals surface area contributed by atoms with Gasteiger partial charge in [-0.2, -0.15) is 0 Å². The summed E-state index contributed by atoms with van der Waals surface area (Å²) >= 11 is 0. The van der Waals surface area contributed by atoms with E-state index >= 15 is 0 Å². The molecule has 0 spiro atoms. The van der Waals surface area contributed by atoms with Crippen LogP contribution in [0.1, 0.15) is 39.5 Å². The van der Waals surface area contributed by atoms with E-state index in [1.54, 1.807) is 0 Å². The van der Waals surface area contributed by atoms with Crippen molar-refractivity contribution in [3.8, 4) is 0 Å². The summed E-state index contributed by atoms with van der Waals surface area (Å²) < 4.78 is 0. The van der Waals surface area contributed by atoms with E-state index in [4.69, 9.17) is 0 Å². The molecule has 2 N–H and O–H groups in total. The Kier molecular flexibility index (Phi) is 6.20. The van der Waals surface area contributed by atoms with Crippen LogP contribution in [0.4, 0.5) is 0 Å². The molecule has 14 heavy (non-hydrogen) atoms. The molecule has 2 nitrogen and oxygen atoms in total. The maximum Gasteiger partial charge on any atom is -0.00463 e. The lowest BCUT2D eigenvalue weighted by molar-refractivity contribution is 0.347. The van der Waals surface area contributed by atoms with Crippen LogP contribution in [0.15, 0.2) is 0 Å². The van der Waals surface area contributed by atoms with Crippen LogP contribution in [0, 0.1) is 11.8 Å². The van der Waals surface area contributed by atoms with Gasteiger partial charge < -0.3 is 10.6 Å². The minimum Gasteiger partial charge on any atom is -0.317 e. The first-order chi connectivity index (χ1) is 6.79. The molecule has 0 radical (unpaired) electrons. The van der Waals surface area contributed by atoms with Gasteiger partial charge in [0.15, 0.2) is 0 Å². The second-order valence-corrected chi connectivity index (χ2v) is 4.91. The van der Waals surface area contributed by atoms with Crippen molar-refractivity contribution in [3.05, 3.63) is 0 Å². The Labute approximate surface area is 88.8 Å². The standard InChI is InChI=1S/C12H26N2/c1-11(2)3-7-13-8-4-12-5-9-14-10-6-12/h11-14H,3-10H2,1-2H3. The lowest BCUT2D eigenvalue weighted by Gasteiger charge is -2.22. The molecule has 0 saturated carbocycles. The third-order valence-electron chi connectivity index (χ3n) is 3.09. The van der Waals surface area contributed by atoms with Crippen LogP contribution in [0.25, 0.3) is 0 Å². The fourth-order valence-corrected chi connectivity index (χ4v) is 1.99. The predicted octanol–water partition coefficient (Wildman–Crippen LogP) is 2.01. The summed E-state index contributed by atoms with van der Waals surface area (Å²) in [6.07, 6.45) is 5.45. The molecule has 2 heteroatoms. The van der Waals surface area contributed by atoms with E-state index in [2.05, 4.69) is 24.5 Å². The molecule has 1 fully saturated rings. The summed E-state index contributed by atoms with van der Waals surface area (Å²) in [6, 6.07) is 0. The van der Waals surface area contributed by atoms with Crippen molar-refractivity contribution in [1.82, 2.24) is 10.6 Å². The van der Waals surface area contributed by atoms with Crippen LogP contribution in [-0.2, 0) is 0 Å². The summed E-state index contributed by atoms with van der Waals surface area (Å²) in [5.74, 6) is 1.81. The maximum absolute atomic E-state index is 3.54. The molecule has 0 bridgehead atoms. The third-order valence-corrected chi connectivity index (χ3v) is 3.09. The molecule has 1 rings (SSSR count). The first-order valence-electron chi connectivity index (χ1n) is 6.20. The SMILES string of the molecule is CC(C)CCNCCC1CCNCC1. The lowest BCUT2D eigenvalue weighted by atomic mass is 9.95. The molecule has 0 aliphatic carbocycles. The number of nitrogens with one attached hydrogen (secondary N) is 2. The Morgan fingerprint density at radius 2 is 1.93 bits per heavy atom. The van der Waals surface area contributed by atoms with Crippen molar-refractivity contribution in [1.29, 1.82) is 0 Å². The zero-order chi connectivity index (χ0) is 10.2. The highest BCUT2D eigenvalue weighted by Gasteiger charge is 2.11. The number of piperidine rings is 1. The molecule has 0 aromatic rings. The van der Waals surface area contributed by atoms with E-state index in [0.717, 1.165) is 11.8 Å². The minimum atomic E-state index is 0.835. The van der Waals surface area contributed by atoms with Gasteiger partial charge in [-0.05, 0) is 63.7 Å². The van der Waals surface area contributed by atoms with Gasteiger partial charge in [0.05, 0.1) is 0 Å². The van der Waals surface area contributed by atoms with Gasteiger partial charge in [-0.3, -0.25) is 0 Å². The fourth-order valence-electron chi connectivity index (χ4n) is 1.99. The molecule has 1 aliphatic rings. The highest BCUT2D eigenvalue weighted by Crippen LogP contribution is 2.14. The number of hydrogen-bond acceptors (Lipinski definition) is 2. The van der Waals surface area contributed by atoms with E-state index in [-0.39, 0.29) is 0 Å². The Bertz CT molecular complexity index is 128. The Balaban J connectivity index is 1.87. The van der Waals surface area contributed by atoms with Gasteiger partial charge in [0, 0.05) is 0 Å². The van der Waals surface area contributed by atoms with Crippen molar-refractivity contribution in [3.63, 3.8) is 0 Å². The first-order valence-corrected chi connectivity index (χ1v) is 6.20. The zero-order valence-corrected chi connectivity index (χ0v) is 9.81. The molecule has 0 atom stereocenters. The van der Waals surface area contributed by atoms with Gasteiger partial charge in [-0.15, -0.1) is 0 Å². The highest BCUT2D eigenvalue weighted by atomic mass is 14.9. The van der Waals surface area contributed by atoms with Gasteiger partial charge in [0.25, 0.3) is 0 Å². The monoisotopic (exact) mass is 198 g/mol. The number of rotatable bonds is 6. The van der Waals surface area contributed by atoms with Gasteiger partial charge >= 0.3 is 0 Å². The second-order valence-electron chi connectivity index (χ2n) is 4.91. The van der Waals surface area contributed by atoms with E-state index < -0.39 is 0 Å². The molecule has 0 aromatic heterocycles. The van der Waals surface area contributed by atoms with Crippen LogP contribution in [0.2, 0.25) is 0 Å². The third kappa shape index (κ3) is 5.61. The van der Waals surface area contributed by atoms with Crippen LogP contribution in [-0.4, -0.2) is 26.2 Å².